The molecule has 0 aliphatic carbocycles. The van der Waals surface area contributed by atoms with Crippen molar-refractivity contribution in [2.45, 2.75) is 11.4 Å². The third-order valence-electron chi connectivity index (χ3n) is 2.34. The van der Waals surface area contributed by atoms with Gasteiger partial charge in [0.1, 0.15) is 4.88 Å². The number of sulfonamides is 1. The number of thiazole rings is 1. The molecule has 19 heavy (non-hydrogen) atoms. The molecular formula is C11H11N3O3S2. The quantitative estimate of drug-likeness (QED) is 0.868. The lowest BCUT2D eigenvalue weighted by atomic mass is 10.2. The maximum atomic E-state index is 11.7. The van der Waals surface area contributed by atoms with E-state index in [9.17, 15) is 13.2 Å². The predicted molar refractivity (Wildman–Crippen MR) is 71.1 cm³/mol. The Hall–Kier alpha value is -1.77. The van der Waals surface area contributed by atoms with Crippen LogP contribution in [0.2, 0.25) is 0 Å². The summed E-state index contributed by atoms with van der Waals surface area (Å²) in [6.45, 7) is 0.222. The van der Waals surface area contributed by atoms with Gasteiger partial charge in [-0.2, -0.15) is 0 Å². The number of nitrogens with zero attached hydrogens (tertiary/aromatic N) is 1. The second-order valence-corrected chi connectivity index (χ2v) is 6.19. The van der Waals surface area contributed by atoms with Crippen molar-refractivity contribution in [2.24, 2.45) is 5.14 Å². The van der Waals surface area contributed by atoms with Crippen molar-refractivity contribution in [3.05, 3.63) is 46.4 Å². The van der Waals surface area contributed by atoms with Gasteiger partial charge < -0.3 is 5.32 Å². The molecule has 100 valence electrons. The van der Waals surface area contributed by atoms with Crippen molar-refractivity contribution in [2.75, 3.05) is 0 Å². The minimum Gasteiger partial charge on any atom is -0.347 e. The fraction of sp³-hybridized carbons (Fsp3) is 0.0909. The molecule has 0 fully saturated rings. The maximum absolute atomic E-state index is 11.7. The van der Waals surface area contributed by atoms with E-state index in [4.69, 9.17) is 5.14 Å². The van der Waals surface area contributed by atoms with Crippen molar-refractivity contribution >= 4 is 27.3 Å². The van der Waals surface area contributed by atoms with E-state index in [1.807, 2.05) is 0 Å². The fourth-order valence-corrected chi connectivity index (χ4v) is 2.55. The van der Waals surface area contributed by atoms with Gasteiger partial charge in [0.2, 0.25) is 10.0 Å². The number of hydrogen-bond acceptors (Lipinski definition) is 5. The molecule has 0 aliphatic heterocycles. The number of aromatic nitrogens is 1. The van der Waals surface area contributed by atoms with E-state index < -0.39 is 10.0 Å². The van der Waals surface area contributed by atoms with E-state index in [-0.39, 0.29) is 17.3 Å². The summed E-state index contributed by atoms with van der Waals surface area (Å²) in [5.74, 6) is -0.247. The van der Waals surface area contributed by atoms with Gasteiger partial charge >= 0.3 is 0 Å². The molecule has 0 atom stereocenters. The molecule has 3 N–H and O–H groups in total. The summed E-state index contributed by atoms with van der Waals surface area (Å²) in [4.78, 5) is 16.0. The standard InChI is InChI=1S/C11H11N3O3S2/c12-19(16,17)9-3-1-2-8(4-9)5-14-11(15)10-6-13-7-18-10/h1-4,6-7H,5H2,(H,14,15)(H2,12,16,17). The van der Waals surface area contributed by atoms with Crippen LogP contribution >= 0.6 is 11.3 Å². The van der Waals surface area contributed by atoms with Crippen LogP contribution in [0.25, 0.3) is 0 Å². The summed E-state index contributed by atoms with van der Waals surface area (Å²) in [7, 11) is -3.73. The van der Waals surface area contributed by atoms with Gasteiger partial charge in [-0.15, -0.1) is 11.3 Å². The first-order valence-electron chi connectivity index (χ1n) is 5.25. The number of hydrogen-bond donors (Lipinski definition) is 2. The van der Waals surface area contributed by atoms with Gasteiger partial charge in [-0.1, -0.05) is 12.1 Å². The Labute approximate surface area is 114 Å². The maximum Gasteiger partial charge on any atom is 0.263 e. The molecule has 1 amide bonds. The predicted octanol–water partition coefficient (Wildman–Crippen LogP) is 0.721. The molecule has 8 heteroatoms. The van der Waals surface area contributed by atoms with Crippen molar-refractivity contribution in [3.63, 3.8) is 0 Å². The zero-order valence-electron chi connectivity index (χ0n) is 9.74. The highest BCUT2D eigenvalue weighted by Crippen LogP contribution is 2.10. The Kier molecular flexibility index (Phi) is 3.93. The topological polar surface area (TPSA) is 102 Å². The second kappa shape index (κ2) is 5.47. The van der Waals surface area contributed by atoms with Gasteiger partial charge in [-0.05, 0) is 17.7 Å². The highest BCUT2D eigenvalue weighted by atomic mass is 32.2. The molecule has 0 bridgehead atoms. The largest absolute Gasteiger partial charge is 0.347 e. The molecular weight excluding hydrogens is 286 g/mol. The minimum absolute atomic E-state index is 0.0250. The number of nitrogens with two attached hydrogens (primary N) is 1. The Bertz CT molecular complexity index is 681. The molecule has 0 saturated heterocycles. The number of rotatable bonds is 4. The van der Waals surface area contributed by atoms with Crippen molar-refractivity contribution in [3.8, 4) is 0 Å². The summed E-state index contributed by atoms with van der Waals surface area (Å²) in [6, 6.07) is 6.13. The summed E-state index contributed by atoms with van der Waals surface area (Å²) >= 11 is 1.23. The lowest BCUT2D eigenvalue weighted by Gasteiger charge is -2.05. The van der Waals surface area contributed by atoms with Crippen molar-refractivity contribution < 1.29 is 13.2 Å². The molecule has 6 nitrogen and oxygen atoms in total. The van der Waals surface area contributed by atoms with Gasteiger partial charge in [-0.25, -0.2) is 13.6 Å². The zero-order chi connectivity index (χ0) is 13.9. The van der Waals surface area contributed by atoms with Crippen LogP contribution in [0.3, 0.4) is 0 Å². The zero-order valence-corrected chi connectivity index (χ0v) is 11.4. The SMILES string of the molecule is NS(=O)(=O)c1cccc(CNC(=O)c2cncs2)c1. The van der Waals surface area contributed by atoms with Crippen molar-refractivity contribution in [1.82, 2.24) is 10.3 Å². The second-order valence-electron chi connectivity index (χ2n) is 3.74. The van der Waals surface area contributed by atoms with Gasteiger partial charge in [0.05, 0.1) is 16.6 Å². The van der Waals surface area contributed by atoms with E-state index in [0.29, 0.717) is 10.4 Å². The number of primary sulfonamides is 1. The normalized spacial score (nSPS) is 11.2. The van der Waals surface area contributed by atoms with Crippen LogP contribution in [0.4, 0.5) is 0 Å². The van der Waals surface area contributed by atoms with Crippen molar-refractivity contribution in [1.29, 1.82) is 0 Å². The van der Waals surface area contributed by atoms with Crippen LogP contribution in [-0.2, 0) is 16.6 Å². The molecule has 1 aromatic carbocycles. The Morgan fingerprint density at radius 3 is 2.84 bits per heavy atom. The van der Waals surface area contributed by atoms with Crippen LogP contribution in [-0.4, -0.2) is 19.3 Å². The fourth-order valence-electron chi connectivity index (χ4n) is 1.43. The van der Waals surface area contributed by atoms with Crippen LogP contribution < -0.4 is 10.5 Å². The summed E-state index contributed by atoms with van der Waals surface area (Å²) in [6.07, 6.45) is 1.47. The summed E-state index contributed by atoms with van der Waals surface area (Å²) < 4.78 is 22.4. The number of carbonyl (C=O) groups is 1. The third kappa shape index (κ3) is 3.60. The lowest BCUT2D eigenvalue weighted by Crippen LogP contribution is -2.22. The Morgan fingerprint density at radius 2 is 2.21 bits per heavy atom. The monoisotopic (exact) mass is 297 g/mol. The molecule has 0 saturated carbocycles. The van der Waals surface area contributed by atoms with Crippen LogP contribution in [0.5, 0.6) is 0 Å². The van der Waals surface area contributed by atoms with Gasteiger partial charge in [0.25, 0.3) is 5.91 Å². The molecule has 2 aromatic rings. The molecule has 0 spiro atoms. The first kappa shape index (κ1) is 13.7. The summed E-state index contributed by atoms with van der Waals surface area (Å²) in [5.41, 5.74) is 2.22. The van der Waals surface area contributed by atoms with Gasteiger partial charge in [0.15, 0.2) is 0 Å². The molecule has 1 aromatic heterocycles. The van der Waals surface area contributed by atoms with E-state index in [0.717, 1.165) is 0 Å². The number of amides is 1. The summed E-state index contributed by atoms with van der Waals surface area (Å²) in [5, 5.41) is 7.71. The molecule has 2 rings (SSSR count). The minimum atomic E-state index is -3.73. The first-order chi connectivity index (χ1) is 8.97. The number of benzene rings is 1. The smallest absolute Gasteiger partial charge is 0.263 e. The average molecular weight is 297 g/mol. The highest BCUT2D eigenvalue weighted by molar-refractivity contribution is 7.89. The number of carbonyl (C=O) groups excluding carboxylic acids is 1. The van der Waals surface area contributed by atoms with Gasteiger partial charge in [0, 0.05) is 6.54 Å². The third-order valence-corrected chi connectivity index (χ3v) is 4.02. The Morgan fingerprint density at radius 1 is 1.42 bits per heavy atom. The van der Waals surface area contributed by atoms with Gasteiger partial charge in [-0.3, -0.25) is 9.78 Å². The van der Waals surface area contributed by atoms with E-state index in [1.54, 1.807) is 17.6 Å². The van der Waals surface area contributed by atoms with E-state index in [2.05, 4.69) is 10.3 Å². The Balaban J connectivity index is 2.06. The first-order valence-corrected chi connectivity index (χ1v) is 7.68. The lowest BCUT2D eigenvalue weighted by molar-refractivity contribution is 0.0954. The van der Waals surface area contributed by atoms with E-state index in [1.165, 1.54) is 29.7 Å². The molecule has 0 radical (unpaired) electrons. The average Bonchev–Trinajstić information content (AvgIpc) is 2.89. The van der Waals surface area contributed by atoms with Crippen LogP contribution in [0.1, 0.15) is 15.2 Å². The number of nitrogens with one attached hydrogen (secondary N) is 1. The molecule has 0 unspecified atom stereocenters. The van der Waals surface area contributed by atoms with Crippen LogP contribution in [0, 0.1) is 0 Å². The molecule has 0 aliphatic rings. The highest BCUT2D eigenvalue weighted by Gasteiger charge is 2.09. The molecule has 1 heterocycles. The van der Waals surface area contributed by atoms with E-state index >= 15 is 0 Å². The van der Waals surface area contributed by atoms with Crippen LogP contribution in [0.15, 0.2) is 40.9 Å².